The number of carbonyl (C=O) groups excluding carboxylic acids is 3. The van der Waals surface area contributed by atoms with Gasteiger partial charge in [0.1, 0.15) is 17.7 Å². The van der Waals surface area contributed by atoms with E-state index in [-0.39, 0.29) is 36.0 Å². The predicted molar refractivity (Wildman–Crippen MR) is 229 cm³/mol. The van der Waals surface area contributed by atoms with E-state index in [1.807, 2.05) is 82.9 Å². The zero-order chi connectivity index (χ0) is 42.3. The molecule has 0 spiro atoms. The Morgan fingerprint density at radius 1 is 0.726 bits per heavy atom. The lowest BCUT2D eigenvalue weighted by molar-refractivity contribution is -0.188. The molecule has 14 nitrogen and oxygen atoms in total. The van der Waals surface area contributed by atoms with E-state index in [2.05, 4.69) is 44.5 Å². The Labute approximate surface area is 360 Å². The number of hydrogen-bond donors (Lipinski definition) is 3. The molecule has 3 saturated carbocycles. The predicted octanol–water partition coefficient (Wildman–Crippen LogP) is 8.01. The molecule has 3 amide bonds. The van der Waals surface area contributed by atoms with Gasteiger partial charge >= 0.3 is 6.09 Å². The van der Waals surface area contributed by atoms with Crippen LogP contribution in [-0.2, 0) is 24.1 Å². The maximum Gasteiger partial charge on any atom is 0.407 e. The van der Waals surface area contributed by atoms with Crippen LogP contribution in [0.5, 0.6) is 0 Å². The molecule has 320 valence electrons. The SMILES string of the molecule is COOC=N[C@@H](C(=O)N1[C@H](c2ncc(-c3ccc(C4CCC(c5cnc([C@@H]6C[C@@H]7C[C@@H]7N6C(=O)[C@H](NC(=O)OC)c6ccccc6)[nH]5)CC4)cc3)[nH]2)C[C@@H]2C[C@@H]21)c1ccccc1. The first kappa shape index (κ1) is 39.8. The number of aliphatic imine (C=N–C) groups is 1. The van der Waals surface area contributed by atoms with Crippen LogP contribution in [0.1, 0.15) is 121 Å². The summed E-state index contributed by atoms with van der Waals surface area (Å²) in [6, 6.07) is 26.2. The summed E-state index contributed by atoms with van der Waals surface area (Å²) < 4.78 is 4.89. The van der Waals surface area contributed by atoms with Crippen molar-refractivity contribution in [1.82, 2.24) is 35.1 Å². The average molecular weight is 837 g/mol. The number of benzene rings is 3. The first-order valence-corrected chi connectivity index (χ1v) is 21.9. The van der Waals surface area contributed by atoms with Gasteiger partial charge in [0.2, 0.25) is 6.40 Å². The molecule has 2 aliphatic heterocycles. The number of nitrogens with zero attached hydrogens (tertiary/aromatic N) is 5. The molecule has 3 N–H and O–H groups in total. The topological polar surface area (TPSA) is 167 Å². The van der Waals surface area contributed by atoms with Crippen LogP contribution < -0.4 is 5.32 Å². The minimum Gasteiger partial charge on any atom is -0.453 e. The molecule has 5 aromatic rings. The molecular weight excluding hydrogens is 785 g/mol. The molecule has 3 aliphatic carbocycles. The van der Waals surface area contributed by atoms with Crippen molar-refractivity contribution in [3.8, 4) is 11.3 Å². The van der Waals surface area contributed by atoms with E-state index in [9.17, 15) is 14.4 Å². The van der Waals surface area contributed by atoms with Crippen LogP contribution >= 0.6 is 0 Å². The fourth-order valence-electron chi connectivity index (χ4n) is 10.5. The van der Waals surface area contributed by atoms with Gasteiger partial charge in [0, 0.05) is 29.9 Å². The van der Waals surface area contributed by atoms with Crippen molar-refractivity contribution in [2.45, 2.75) is 99.5 Å². The molecule has 0 radical (unpaired) electrons. The molecule has 62 heavy (non-hydrogen) atoms. The fraction of sp³-hybridized carbons (Fsp3) is 0.417. The maximum atomic E-state index is 14.2. The number of aromatic nitrogens is 4. The molecule has 0 unspecified atom stereocenters. The van der Waals surface area contributed by atoms with Crippen LogP contribution in [0.3, 0.4) is 0 Å². The number of ether oxygens (including phenoxy) is 1. The zero-order valence-corrected chi connectivity index (χ0v) is 34.9. The molecule has 0 bridgehead atoms. The van der Waals surface area contributed by atoms with Gasteiger partial charge in [0.05, 0.1) is 38.2 Å². The van der Waals surface area contributed by atoms with Crippen LogP contribution in [0.15, 0.2) is 102 Å². The van der Waals surface area contributed by atoms with Crippen molar-refractivity contribution in [2.75, 3.05) is 14.2 Å². The van der Waals surface area contributed by atoms with Gasteiger partial charge in [0.25, 0.3) is 11.8 Å². The van der Waals surface area contributed by atoms with Crippen LogP contribution in [0, 0.1) is 11.8 Å². The Balaban J connectivity index is 0.772. The number of imidazole rings is 2. The second-order valence-electron chi connectivity index (χ2n) is 17.5. The number of alkyl carbamates (subject to hydrolysis) is 1. The second kappa shape index (κ2) is 16.9. The molecule has 3 aromatic carbocycles. The van der Waals surface area contributed by atoms with E-state index in [0.29, 0.717) is 23.7 Å². The van der Waals surface area contributed by atoms with Crippen molar-refractivity contribution >= 4 is 24.3 Å². The van der Waals surface area contributed by atoms with Gasteiger partial charge < -0.3 is 34.7 Å². The highest BCUT2D eigenvalue weighted by atomic mass is 17.2. The summed E-state index contributed by atoms with van der Waals surface area (Å²) in [4.78, 5) is 75.6. The van der Waals surface area contributed by atoms with E-state index in [1.165, 1.54) is 26.2 Å². The Morgan fingerprint density at radius 3 is 1.97 bits per heavy atom. The van der Waals surface area contributed by atoms with E-state index < -0.39 is 18.2 Å². The van der Waals surface area contributed by atoms with E-state index in [4.69, 9.17) is 24.5 Å². The fourth-order valence-corrected chi connectivity index (χ4v) is 10.5. The van der Waals surface area contributed by atoms with Crippen molar-refractivity contribution in [3.05, 3.63) is 131 Å². The zero-order valence-electron chi connectivity index (χ0n) is 34.9. The summed E-state index contributed by atoms with van der Waals surface area (Å²) >= 11 is 0. The lowest BCUT2D eigenvalue weighted by atomic mass is 9.77. The summed E-state index contributed by atoms with van der Waals surface area (Å²) in [6.45, 7) is 0. The highest BCUT2D eigenvalue weighted by Gasteiger charge is 2.57. The third-order valence-electron chi connectivity index (χ3n) is 13.9. The molecule has 2 aromatic heterocycles. The van der Waals surface area contributed by atoms with Crippen LogP contribution in [0.25, 0.3) is 11.3 Å². The van der Waals surface area contributed by atoms with Crippen LogP contribution in [0.2, 0.25) is 0 Å². The largest absolute Gasteiger partial charge is 0.453 e. The highest BCUT2D eigenvalue weighted by molar-refractivity contribution is 5.88. The minimum atomic E-state index is -0.839. The standard InChI is InChI=1S/C48H52N8O6/c1-60-48(59)54-43(33-11-7-4-8-12-33)47(58)56-39-22-35(39)24-41(56)45-50-26-37(53-45)31-19-15-29(16-20-31)28-13-17-30(18-14-28)36-25-49-44(52-36)40-23-34-21-38(34)55(40)46(57)42(51-27-62-61-2)32-9-5-3-6-10-32/h3-14,17-18,25-27,29,31,34-35,38-43H,15-16,19-24H2,1-2H3,(H,49,52)(H,50,53)(H,54,59)/t29?,31?,34-,35-,38-,39-,40-,41-,42+,43+/m0/s1. The molecular formula is C48H52N8O6. The van der Waals surface area contributed by atoms with Crippen LogP contribution in [0.4, 0.5) is 4.79 Å². The molecule has 5 aliphatic rings. The van der Waals surface area contributed by atoms with Gasteiger partial charge in [-0.25, -0.2) is 19.8 Å². The molecule has 2 saturated heterocycles. The third-order valence-corrected chi connectivity index (χ3v) is 13.9. The van der Waals surface area contributed by atoms with Crippen molar-refractivity contribution in [1.29, 1.82) is 0 Å². The number of likely N-dealkylation sites (tertiary alicyclic amines) is 2. The lowest BCUT2D eigenvalue weighted by Crippen LogP contribution is -2.44. The van der Waals surface area contributed by atoms with E-state index in [1.54, 1.807) is 0 Å². The van der Waals surface area contributed by atoms with Gasteiger partial charge in [-0.3, -0.25) is 9.59 Å². The number of methoxy groups -OCH3 is 1. The normalized spacial score (nSPS) is 27.0. The monoisotopic (exact) mass is 836 g/mol. The second-order valence-corrected chi connectivity index (χ2v) is 17.5. The van der Waals surface area contributed by atoms with Gasteiger partial charge in [-0.15, -0.1) is 0 Å². The maximum absolute atomic E-state index is 14.2. The number of carbonyl (C=O) groups is 3. The summed E-state index contributed by atoms with van der Waals surface area (Å²) in [7, 11) is 2.71. The molecule has 8 atom stereocenters. The van der Waals surface area contributed by atoms with Crippen molar-refractivity contribution in [2.24, 2.45) is 16.8 Å². The van der Waals surface area contributed by atoms with Gasteiger partial charge in [0.15, 0.2) is 6.04 Å². The molecule has 4 heterocycles. The van der Waals surface area contributed by atoms with Gasteiger partial charge in [-0.1, -0.05) is 84.9 Å². The van der Waals surface area contributed by atoms with Gasteiger partial charge in [-0.05, 0) is 91.4 Å². The summed E-state index contributed by atoms with van der Waals surface area (Å²) in [5.41, 5.74) is 5.97. The van der Waals surface area contributed by atoms with E-state index in [0.717, 1.165) is 91.1 Å². The third kappa shape index (κ3) is 7.76. The number of nitrogens with one attached hydrogen (secondary N) is 3. The number of aromatic amines is 2. The number of rotatable bonds is 13. The average Bonchev–Trinajstić information content (AvgIpc) is 3.90. The quantitative estimate of drug-likeness (QED) is 0.0464. The summed E-state index contributed by atoms with van der Waals surface area (Å²) in [5, 5.41) is 2.78. The minimum absolute atomic E-state index is 0.0699. The first-order chi connectivity index (χ1) is 30.4. The molecule has 14 heteroatoms. The summed E-state index contributed by atoms with van der Waals surface area (Å²) in [5.74, 6) is 3.17. The summed E-state index contributed by atoms with van der Waals surface area (Å²) in [6.07, 6.45) is 12.3. The smallest absolute Gasteiger partial charge is 0.407 e. The number of H-pyrrole nitrogens is 2. The highest BCUT2D eigenvalue weighted by Crippen LogP contribution is 2.55. The Hall–Kier alpha value is -6.28. The number of amides is 3. The Bertz CT molecular complexity index is 2410. The molecule has 10 rings (SSSR count). The first-order valence-electron chi connectivity index (χ1n) is 21.9. The van der Waals surface area contributed by atoms with Crippen molar-refractivity contribution < 1.29 is 28.9 Å². The lowest BCUT2D eigenvalue weighted by Gasteiger charge is -2.31. The van der Waals surface area contributed by atoms with Crippen molar-refractivity contribution in [3.63, 3.8) is 0 Å². The Kier molecular flexibility index (Phi) is 10.8. The number of fused-ring (bicyclic) bond motifs is 2. The van der Waals surface area contributed by atoms with Gasteiger partial charge in [-0.2, -0.15) is 4.89 Å². The Morgan fingerprint density at radius 2 is 1.32 bits per heavy atom. The number of hydrogen-bond acceptors (Lipinski definition) is 9. The van der Waals surface area contributed by atoms with E-state index >= 15 is 0 Å². The van der Waals surface area contributed by atoms with Crippen LogP contribution in [-0.4, -0.2) is 80.3 Å². The molecule has 5 fully saturated rings. The number of piperidine rings is 2.